The van der Waals surface area contributed by atoms with Gasteiger partial charge in [0.05, 0.1) is 11.1 Å². The van der Waals surface area contributed by atoms with Crippen LogP contribution in [-0.4, -0.2) is 5.97 Å². The summed E-state index contributed by atoms with van der Waals surface area (Å²) >= 11 is 0. The number of carbonyl (C=O) groups is 1. The Kier molecular flexibility index (Phi) is 1.63. The van der Waals surface area contributed by atoms with Gasteiger partial charge in [0.15, 0.2) is 0 Å². The van der Waals surface area contributed by atoms with Crippen molar-refractivity contribution in [1.82, 2.24) is 5.48 Å². The summed E-state index contributed by atoms with van der Waals surface area (Å²) in [6.07, 6.45) is 0. The number of hydrogen-bond donors (Lipinski definition) is 1. The lowest BCUT2D eigenvalue weighted by atomic mass is 9.90. The van der Waals surface area contributed by atoms with Crippen LogP contribution in [0.15, 0.2) is 24.3 Å². The van der Waals surface area contributed by atoms with Gasteiger partial charge in [-0.15, -0.1) is 5.48 Å². The average molecular weight is 177 g/mol. The van der Waals surface area contributed by atoms with Gasteiger partial charge in [-0.3, -0.25) is 0 Å². The van der Waals surface area contributed by atoms with E-state index in [1.165, 1.54) is 0 Å². The molecule has 0 atom stereocenters. The first-order chi connectivity index (χ1) is 6.11. The molecule has 1 aromatic carbocycles. The van der Waals surface area contributed by atoms with E-state index in [9.17, 15) is 4.79 Å². The molecule has 3 nitrogen and oxygen atoms in total. The van der Waals surface area contributed by atoms with Crippen LogP contribution in [0.1, 0.15) is 29.8 Å². The molecule has 0 unspecified atom stereocenters. The van der Waals surface area contributed by atoms with Crippen LogP contribution >= 0.6 is 0 Å². The predicted molar refractivity (Wildman–Crippen MR) is 48.0 cm³/mol. The van der Waals surface area contributed by atoms with Gasteiger partial charge in [0.2, 0.25) is 0 Å². The first kappa shape index (κ1) is 8.26. The zero-order valence-corrected chi connectivity index (χ0v) is 7.63. The zero-order valence-electron chi connectivity index (χ0n) is 7.63. The standard InChI is InChI=1S/C10H11NO2/c1-10(2)8-6-4-3-5-7(8)9(12)13-11-10/h3-6,11H,1-2H3. The lowest BCUT2D eigenvalue weighted by molar-refractivity contribution is -0.00802. The number of hydroxylamine groups is 1. The molecule has 3 heteroatoms. The van der Waals surface area contributed by atoms with Crippen molar-refractivity contribution in [3.05, 3.63) is 35.4 Å². The van der Waals surface area contributed by atoms with E-state index in [2.05, 4.69) is 5.48 Å². The second-order valence-corrected chi connectivity index (χ2v) is 3.66. The summed E-state index contributed by atoms with van der Waals surface area (Å²) < 4.78 is 0. The topological polar surface area (TPSA) is 38.3 Å². The molecule has 0 radical (unpaired) electrons. The van der Waals surface area contributed by atoms with Crippen LogP contribution in [0.5, 0.6) is 0 Å². The second kappa shape index (κ2) is 2.57. The molecule has 1 heterocycles. The van der Waals surface area contributed by atoms with Gasteiger partial charge in [-0.1, -0.05) is 18.2 Å². The molecule has 0 amide bonds. The van der Waals surface area contributed by atoms with Crippen molar-refractivity contribution in [2.75, 3.05) is 0 Å². The quantitative estimate of drug-likeness (QED) is 0.654. The lowest BCUT2D eigenvalue weighted by Gasteiger charge is -2.31. The highest BCUT2D eigenvalue weighted by atomic mass is 16.7. The van der Waals surface area contributed by atoms with Crippen molar-refractivity contribution >= 4 is 5.97 Å². The molecule has 0 saturated carbocycles. The molecular weight excluding hydrogens is 166 g/mol. The third-order valence-corrected chi connectivity index (χ3v) is 2.22. The van der Waals surface area contributed by atoms with Gasteiger partial charge in [0.1, 0.15) is 0 Å². The SMILES string of the molecule is CC1(C)NOC(=O)c2ccccc21. The molecule has 0 bridgehead atoms. The summed E-state index contributed by atoms with van der Waals surface area (Å²) in [5, 5.41) is 0. The number of carbonyl (C=O) groups excluding carboxylic acids is 1. The molecule has 13 heavy (non-hydrogen) atoms. The maximum absolute atomic E-state index is 11.3. The van der Waals surface area contributed by atoms with E-state index in [0.29, 0.717) is 5.56 Å². The Labute approximate surface area is 76.7 Å². The second-order valence-electron chi connectivity index (χ2n) is 3.66. The molecule has 1 aromatic rings. The van der Waals surface area contributed by atoms with Gasteiger partial charge in [0.25, 0.3) is 0 Å². The first-order valence-electron chi connectivity index (χ1n) is 4.19. The zero-order chi connectivity index (χ0) is 9.47. The van der Waals surface area contributed by atoms with Crippen LogP contribution in [0.25, 0.3) is 0 Å². The highest BCUT2D eigenvalue weighted by Crippen LogP contribution is 2.27. The average Bonchev–Trinajstić information content (AvgIpc) is 2.13. The molecule has 0 aliphatic carbocycles. The summed E-state index contributed by atoms with van der Waals surface area (Å²) in [4.78, 5) is 16.1. The Morgan fingerprint density at radius 1 is 1.31 bits per heavy atom. The Morgan fingerprint density at radius 2 is 2.00 bits per heavy atom. The molecule has 0 aromatic heterocycles. The maximum atomic E-state index is 11.3. The van der Waals surface area contributed by atoms with Crippen molar-refractivity contribution in [3.8, 4) is 0 Å². The Bertz CT molecular complexity index is 358. The van der Waals surface area contributed by atoms with Crippen molar-refractivity contribution in [3.63, 3.8) is 0 Å². The van der Waals surface area contributed by atoms with Crippen LogP contribution in [0.3, 0.4) is 0 Å². The minimum Gasteiger partial charge on any atom is -0.366 e. The monoisotopic (exact) mass is 177 g/mol. The van der Waals surface area contributed by atoms with Gasteiger partial charge in [-0.05, 0) is 25.5 Å². The highest BCUT2D eigenvalue weighted by Gasteiger charge is 2.32. The molecule has 2 rings (SSSR count). The Hall–Kier alpha value is -1.35. The molecule has 0 spiro atoms. The van der Waals surface area contributed by atoms with Crippen LogP contribution in [0, 0.1) is 0 Å². The summed E-state index contributed by atoms with van der Waals surface area (Å²) in [7, 11) is 0. The smallest absolute Gasteiger partial charge is 0.357 e. The fourth-order valence-electron chi connectivity index (χ4n) is 1.49. The molecular formula is C10H11NO2. The van der Waals surface area contributed by atoms with E-state index in [4.69, 9.17) is 4.84 Å². The number of nitrogens with one attached hydrogen (secondary N) is 1. The normalized spacial score (nSPS) is 19.1. The number of hydrogen-bond acceptors (Lipinski definition) is 3. The van der Waals surface area contributed by atoms with Crippen LogP contribution < -0.4 is 5.48 Å². The van der Waals surface area contributed by atoms with Crippen LogP contribution in [-0.2, 0) is 10.4 Å². The first-order valence-corrected chi connectivity index (χ1v) is 4.19. The van der Waals surface area contributed by atoms with E-state index < -0.39 is 0 Å². The minimum atomic E-state index is -0.310. The fourth-order valence-corrected chi connectivity index (χ4v) is 1.49. The van der Waals surface area contributed by atoms with Crippen molar-refractivity contribution in [1.29, 1.82) is 0 Å². The van der Waals surface area contributed by atoms with E-state index in [0.717, 1.165) is 5.56 Å². The van der Waals surface area contributed by atoms with Crippen molar-refractivity contribution in [2.24, 2.45) is 0 Å². The summed E-state index contributed by atoms with van der Waals surface area (Å²) in [5.74, 6) is -0.310. The third kappa shape index (κ3) is 1.21. The minimum absolute atomic E-state index is 0.301. The summed E-state index contributed by atoms with van der Waals surface area (Å²) in [6, 6.07) is 7.46. The molecule has 68 valence electrons. The Morgan fingerprint density at radius 3 is 2.69 bits per heavy atom. The fraction of sp³-hybridized carbons (Fsp3) is 0.300. The number of benzene rings is 1. The summed E-state index contributed by atoms with van der Waals surface area (Å²) in [5.41, 5.74) is 4.04. The predicted octanol–water partition coefficient (Wildman–Crippen LogP) is 1.60. The van der Waals surface area contributed by atoms with Crippen molar-refractivity contribution < 1.29 is 9.63 Å². The maximum Gasteiger partial charge on any atom is 0.357 e. The van der Waals surface area contributed by atoms with Gasteiger partial charge >= 0.3 is 5.97 Å². The van der Waals surface area contributed by atoms with Crippen molar-refractivity contribution in [2.45, 2.75) is 19.4 Å². The van der Waals surface area contributed by atoms with Gasteiger partial charge in [-0.25, -0.2) is 4.79 Å². The van der Waals surface area contributed by atoms with E-state index in [-0.39, 0.29) is 11.5 Å². The third-order valence-electron chi connectivity index (χ3n) is 2.22. The molecule has 1 N–H and O–H groups in total. The van der Waals surface area contributed by atoms with E-state index in [1.54, 1.807) is 6.07 Å². The molecule has 1 aliphatic heterocycles. The van der Waals surface area contributed by atoms with E-state index in [1.807, 2.05) is 32.0 Å². The Balaban J connectivity index is 2.61. The molecule has 1 aliphatic rings. The lowest BCUT2D eigenvalue weighted by Crippen LogP contribution is -2.43. The van der Waals surface area contributed by atoms with Gasteiger partial charge in [-0.2, -0.15) is 0 Å². The largest absolute Gasteiger partial charge is 0.366 e. The van der Waals surface area contributed by atoms with Crippen LogP contribution in [0.4, 0.5) is 0 Å². The highest BCUT2D eigenvalue weighted by molar-refractivity contribution is 5.92. The van der Waals surface area contributed by atoms with Gasteiger partial charge < -0.3 is 4.84 Å². The molecule has 0 fully saturated rings. The van der Waals surface area contributed by atoms with E-state index >= 15 is 0 Å². The number of fused-ring (bicyclic) bond motifs is 1. The molecule has 0 saturated heterocycles. The van der Waals surface area contributed by atoms with Gasteiger partial charge in [0, 0.05) is 0 Å². The number of rotatable bonds is 0. The summed E-state index contributed by atoms with van der Waals surface area (Å²) in [6.45, 7) is 3.94. The van der Waals surface area contributed by atoms with Crippen LogP contribution in [0.2, 0.25) is 0 Å².